The first-order valence-electron chi connectivity index (χ1n) is 9.77. The van der Waals surface area contributed by atoms with Gasteiger partial charge in [-0.1, -0.05) is 0 Å². The number of hydrogen-bond acceptors (Lipinski definition) is 7. The summed E-state index contributed by atoms with van der Waals surface area (Å²) in [4.78, 5) is 11.6. The second-order valence-electron chi connectivity index (χ2n) is 7.45. The fraction of sp³-hybridized carbons (Fsp3) is 0.400. The van der Waals surface area contributed by atoms with Crippen molar-refractivity contribution in [2.45, 2.75) is 37.8 Å². The zero-order valence-electron chi connectivity index (χ0n) is 15.7. The molecular weight excluding hydrogens is 378 g/mol. The molecule has 1 saturated carbocycles. The van der Waals surface area contributed by atoms with Gasteiger partial charge in [0.25, 0.3) is 0 Å². The minimum Gasteiger partial charge on any atom is -0.487 e. The van der Waals surface area contributed by atoms with Crippen LogP contribution in [0.15, 0.2) is 30.6 Å². The summed E-state index contributed by atoms with van der Waals surface area (Å²) in [5, 5.41) is 11.2. The predicted octanol–water partition coefficient (Wildman–Crippen LogP) is 3.32. The van der Waals surface area contributed by atoms with Crippen LogP contribution in [0.3, 0.4) is 0 Å². The van der Waals surface area contributed by atoms with Gasteiger partial charge in [0.15, 0.2) is 23.2 Å². The lowest BCUT2D eigenvalue weighted by Crippen LogP contribution is -2.39. The third kappa shape index (κ3) is 3.90. The highest BCUT2D eigenvalue weighted by Gasteiger charge is 2.28. The molecule has 29 heavy (non-hydrogen) atoms. The average molecular weight is 398 g/mol. The van der Waals surface area contributed by atoms with Gasteiger partial charge in [-0.3, -0.25) is 0 Å². The summed E-state index contributed by atoms with van der Waals surface area (Å²) in [7, 11) is 0. The lowest BCUT2D eigenvalue weighted by Gasteiger charge is -2.33. The number of nitrogens with zero attached hydrogens (tertiary/aromatic N) is 5. The molecule has 2 aromatic heterocycles. The molecule has 3 aromatic rings. The van der Waals surface area contributed by atoms with Crippen molar-refractivity contribution in [2.75, 3.05) is 23.3 Å². The summed E-state index contributed by atoms with van der Waals surface area (Å²) in [6.07, 6.45) is 6.76. The number of rotatable bonds is 5. The van der Waals surface area contributed by atoms with E-state index in [0.29, 0.717) is 43.0 Å². The van der Waals surface area contributed by atoms with Crippen LogP contribution in [0.1, 0.15) is 25.7 Å². The van der Waals surface area contributed by atoms with Crippen LogP contribution in [0.25, 0.3) is 11.0 Å². The molecule has 1 aliphatic heterocycles. The summed E-state index contributed by atoms with van der Waals surface area (Å²) in [6, 6.07) is 3.83. The van der Waals surface area contributed by atoms with E-state index in [0.717, 1.165) is 30.5 Å². The monoisotopic (exact) mass is 398 g/mol. The Labute approximate surface area is 166 Å². The van der Waals surface area contributed by atoms with Crippen LogP contribution in [0.4, 0.5) is 20.4 Å². The molecule has 1 N–H and O–H groups in total. The number of hydrogen-bond donors (Lipinski definition) is 1. The van der Waals surface area contributed by atoms with E-state index >= 15 is 0 Å². The van der Waals surface area contributed by atoms with Crippen LogP contribution in [0.5, 0.6) is 5.75 Å². The summed E-state index contributed by atoms with van der Waals surface area (Å²) in [5.41, 5.74) is 1.40. The van der Waals surface area contributed by atoms with Gasteiger partial charge in [-0.15, -0.1) is 0 Å². The van der Waals surface area contributed by atoms with Crippen molar-refractivity contribution in [3.8, 4) is 5.75 Å². The van der Waals surface area contributed by atoms with E-state index in [9.17, 15) is 8.78 Å². The number of anilines is 2. The molecule has 0 amide bonds. The molecule has 3 heterocycles. The minimum absolute atomic E-state index is 0.0880. The fourth-order valence-electron chi connectivity index (χ4n) is 3.49. The standard InChI is InChI=1S/C20H20F2N6O/c21-12-1-4-18(15(22)9-12)29-14-5-7-28(8-6-14)20-19(25-13-2-3-13)26-16-10-23-24-11-17(16)27-20/h1,4,9-11,13-14H,2-3,5-8H2,(H,25,26). The molecule has 0 radical (unpaired) electrons. The van der Waals surface area contributed by atoms with E-state index in [1.165, 1.54) is 12.1 Å². The van der Waals surface area contributed by atoms with Crippen LogP contribution >= 0.6 is 0 Å². The van der Waals surface area contributed by atoms with Crippen molar-refractivity contribution in [3.63, 3.8) is 0 Å². The molecule has 1 saturated heterocycles. The number of benzene rings is 1. The second-order valence-corrected chi connectivity index (χ2v) is 7.45. The molecule has 1 aromatic carbocycles. The number of fused-ring (bicyclic) bond motifs is 1. The van der Waals surface area contributed by atoms with E-state index in [4.69, 9.17) is 14.7 Å². The quantitative estimate of drug-likeness (QED) is 0.707. The van der Waals surface area contributed by atoms with Crippen molar-refractivity contribution in [3.05, 3.63) is 42.2 Å². The molecule has 150 valence electrons. The van der Waals surface area contributed by atoms with Crippen LogP contribution in [0, 0.1) is 11.6 Å². The van der Waals surface area contributed by atoms with E-state index < -0.39 is 11.6 Å². The van der Waals surface area contributed by atoms with Gasteiger partial charge >= 0.3 is 0 Å². The van der Waals surface area contributed by atoms with Crippen LogP contribution in [0.2, 0.25) is 0 Å². The zero-order valence-corrected chi connectivity index (χ0v) is 15.7. The minimum atomic E-state index is -0.676. The molecule has 1 aliphatic carbocycles. The smallest absolute Gasteiger partial charge is 0.172 e. The van der Waals surface area contributed by atoms with Gasteiger partial charge in [0.05, 0.1) is 12.4 Å². The average Bonchev–Trinajstić information content (AvgIpc) is 3.54. The Morgan fingerprint density at radius 2 is 1.69 bits per heavy atom. The molecular formula is C20H20F2N6O. The van der Waals surface area contributed by atoms with Crippen molar-refractivity contribution in [1.82, 2.24) is 20.2 Å². The Kier molecular flexibility index (Phi) is 4.57. The highest BCUT2D eigenvalue weighted by atomic mass is 19.1. The maximum absolute atomic E-state index is 13.9. The third-order valence-electron chi connectivity index (χ3n) is 5.21. The maximum atomic E-state index is 13.9. The topological polar surface area (TPSA) is 76.1 Å². The Hall–Kier alpha value is -3.10. The van der Waals surface area contributed by atoms with Crippen LogP contribution in [-0.2, 0) is 0 Å². The lowest BCUT2D eigenvalue weighted by molar-refractivity contribution is 0.163. The van der Waals surface area contributed by atoms with Crippen LogP contribution in [-0.4, -0.2) is 45.4 Å². The molecule has 7 nitrogen and oxygen atoms in total. The Balaban J connectivity index is 1.32. The number of ether oxygens (including phenoxy) is 1. The summed E-state index contributed by atoms with van der Waals surface area (Å²) < 4.78 is 32.7. The SMILES string of the molecule is Fc1ccc(OC2CCN(c3nc4cnncc4nc3NC3CC3)CC2)c(F)c1. The van der Waals surface area contributed by atoms with Gasteiger partial charge in [0, 0.05) is 38.0 Å². The van der Waals surface area contributed by atoms with E-state index in [2.05, 4.69) is 20.4 Å². The molecule has 2 fully saturated rings. The van der Waals surface area contributed by atoms with Gasteiger partial charge in [0.1, 0.15) is 23.0 Å². The molecule has 0 bridgehead atoms. The number of piperidine rings is 1. The maximum Gasteiger partial charge on any atom is 0.172 e. The number of halogens is 2. The summed E-state index contributed by atoms with van der Waals surface area (Å²) >= 11 is 0. The molecule has 0 unspecified atom stereocenters. The molecule has 9 heteroatoms. The number of aromatic nitrogens is 4. The van der Waals surface area contributed by atoms with Gasteiger partial charge in [-0.2, -0.15) is 10.2 Å². The number of nitrogens with one attached hydrogen (secondary N) is 1. The normalized spacial score (nSPS) is 17.5. The molecule has 5 rings (SSSR count). The predicted molar refractivity (Wildman–Crippen MR) is 104 cm³/mol. The second kappa shape index (κ2) is 7.38. The van der Waals surface area contributed by atoms with Crippen LogP contribution < -0.4 is 15.0 Å². The largest absolute Gasteiger partial charge is 0.487 e. The Bertz CT molecular complexity index is 1040. The first kappa shape index (κ1) is 18.0. The lowest BCUT2D eigenvalue weighted by atomic mass is 10.1. The zero-order chi connectivity index (χ0) is 19.8. The fourth-order valence-corrected chi connectivity index (χ4v) is 3.49. The van der Waals surface area contributed by atoms with Crippen molar-refractivity contribution >= 4 is 22.7 Å². The van der Waals surface area contributed by atoms with Crippen molar-refractivity contribution in [2.24, 2.45) is 0 Å². The Morgan fingerprint density at radius 3 is 2.38 bits per heavy atom. The van der Waals surface area contributed by atoms with E-state index in [-0.39, 0.29) is 11.9 Å². The van der Waals surface area contributed by atoms with Crippen molar-refractivity contribution in [1.29, 1.82) is 0 Å². The van der Waals surface area contributed by atoms with E-state index in [1.807, 2.05) is 0 Å². The Morgan fingerprint density at radius 1 is 0.966 bits per heavy atom. The highest BCUT2D eigenvalue weighted by molar-refractivity contribution is 5.79. The highest BCUT2D eigenvalue weighted by Crippen LogP contribution is 2.32. The van der Waals surface area contributed by atoms with Gasteiger partial charge in [-0.25, -0.2) is 18.7 Å². The molecule has 0 atom stereocenters. The summed E-state index contributed by atoms with van der Waals surface area (Å²) in [5.74, 6) is 0.357. The molecule has 0 spiro atoms. The molecule has 2 aliphatic rings. The third-order valence-corrected chi connectivity index (χ3v) is 5.21. The summed E-state index contributed by atoms with van der Waals surface area (Å²) in [6.45, 7) is 1.40. The van der Waals surface area contributed by atoms with Gasteiger partial charge < -0.3 is 15.0 Å². The van der Waals surface area contributed by atoms with E-state index in [1.54, 1.807) is 12.4 Å². The van der Waals surface area contributed by atoms with Crippen molar-refractivity contribution < 1.29 is 13.5 Å². The van der Waals surface area contributed by atoms with Gasteiger partial charge in [0.2, 0.25) is 0 Å². The first-order valence-corrected chi connectivity index (χ1v) is 9.77. The van der Waals surface area contributed by atoms with Gasteiger partial charge in [-0.05, 0) is 25.0 Å². The first-order chi connectivity index (χ1) is 14.2.